The molecular weight excluding hydrogens is 454 g/mol. The van der Waals surface area contributed by atoms with E-state index in [-0.39, 0.29) is 30.8 Å². The fraction of sp³-hybridized carbons (Fsp3) is 0.269. The topological polar surface area (TPSA) is 150 Å². The van der Waals surface area contributed by atoms with E-state index in [2.05, 4.69) is 5.32 Å². The van der Waals surface area contributed by atoms with Crippen molar-refractivity contribution in [2.45, 2.75) is 46.1 Å². The summed E-state index contributed by atoms with van der Waals surface area (Å²) in [7, 11) is 0. The molecule has 0 aliphatic heterocycles. The summed E-state index contributed by atoms with van der Waals surface area (Å²) >= 11 is 0. The number of aryl methyl sites for hydroxylation is 3. The summed E-state index contributed by atoms with van der Waals surface area (Å²) in [5, 5.41) is 32.7. The van der Waals surface area contributed by atoms with Gasteiger partial charge in [0.1, 0.15) is 23.0 Å². The fourth-order valence-electron chi connectivity index (χ4n) is 4.15. The lowest BCUT2D eigenvalue weighted by Crippen LogP contribution is -2.42. The summed E-state index contributed by atoms with van der Waals surface area (Å²) in [6.07, 6.45) is -0.136. The van der Waals surface area contributed by atoms with Crippen LogP contribution in [-0.4, -0.2) is 33.2 Å². The predicted octanol–water partition coefficient (Wildman–Crippen LogP) is 3.62. The Morgan fingerprint density at radius 3 is 2.31 bits per heavy atom. The summed E-state index contributed by atoms with van der Waals surface area (Å²) in [6, 6.07) is 6.29. The number of phenolic OH excluding ortho intramolecular Hbond substituents is 2. The van der Waals surface area contributed by atoms with Gasteiger partial charge in [0, 0.05) is 35.2 Å². The number of fused-ring (bicyclic) bond motifs is 2. The molecule has 1 amide bonds. The molecule has 4 rings (SSSR count). The Labute approximate surface area is 199 Å². The Balaban J connectivity index is 1.52. The predicted molar refractivity (Wildman–Crippen MR) is 128 cm³/mol. The number of rotatable bonds is 7. The number of aromatic hydroxyl groups is 2. The van der Waals surface area contributed by atoms with E-state index in [1.165, 1.54) is 18.2 Å². The Kier molecular flexibility index (Phi) is 6.26. The third-order valence-corrected chi connectivity index (χ3v) is 6.30. The van der Waals surface area contributed by atoms with Gasteiger partial charge in [-0.05, 0) is 62.1 Å². The van der Waals surface area contributed by atoms with Crippen LogP contribution >= 0.6 is 0 Å². The first kappa shape index (κ1) is 23.9. The van der Waals surface area contributed by atoms with Crippen molar-refractivity contribution in [3.63, 3.8) is 0 Å². The van der Waals surface area contributed by atoms with Crippen LogP contribution < -0.4 is 10.9 Å². The van der Waals surface area contributed by atoms with E-state index < -0.39 is 23.5 Å². The minimum Gasteiger partial charge on any atom is -0.504 e. The van der Waals surface area contributed by atoms with Gasteiger partial charge in [-0.1, -0.05) is 6.07 Å². The number of aliphatic carboxylic acids is 1. The second-order valence-electron chi connectivity index (χ2n) is 8.61. The molecule has 2 heterocycles. The van der Waals surface area contributed by atoms with Gasteiger partial charge in [0.05, 0.1) is 0 Å². The molecule has 9 heteroatoms. The molecule has 0 spiro atoms. The van der Waals surface area contributed by atoms with Crippen LogP contribution in [0.4, 0.5) is 0 Å². The quantitative estimate of drug-likeness (QED) is 0.232. The van der Waals surface area contributed by atoms with Crippen LogP contribution in [0.25, 0.3) is 21.9 Å². The summed E-state index contributed by atoms with van der Waals surface area (Å²) in [5.74, 6) is -1.72. The van der Waals surface area contributed by atoms with E-state index in [9.17, 15) is 29.7 Å². The molecule has 2 aromatic carbocycles. The largest absolute Gasteiger partial charge is 0.504 e. The number of furan rings is 1. The number of amides is 1. The van der Waals surface area contributed by atoms with Crippen molar-refractivity contribution in [2.75, 3.05) is 0 Å². The highest BCUT2D eigenvalue weighted by atomic mass is 16.4. The summed E-state index contributed by atoms with van der Waals surface area (Å²) in [4.78, 5) is 36.8. The number of hydrogen-bond acceptors (Lipinski definition) is 7. The van der Waals surface area contributed by atoms with E-state index in [4.69, 9.17) is 8.83 Å². The van der Waals surface area contributed by atoms with Crippen molar-refractivity contribution < 1.29 is 33.7 Å². The van der Waals surface area contributed by atoms with E-state index in [0.29, 0.717) is 27.9 Å². The van der Waals surface area contributed by atoms with Crippen molar-refractivity contribution in [1.29, 1.82) is 0 Å². The zero-order valence-corrected chi connectivity index (χ0v) is 19.5. The normalized spacial score (nSPS) is 12.2. The van der Waals surface area contributed by atoms with Crippen molar-refractivity contribution in [2.24, 2.45) is 0 Å². The van der Waals surface area contributed by atoms with Gasteiger partial charge in [-0.15, -0.1) is 0 Å². The van der Waals surface area contributed by atoms with Crippen LogP contribution in [0, 0.1) is 20.8 Å². The van der Waals surface area contributed by atoms with Gasteiger partial charge in [-0.25, -0.2) is 9.59 Å². The second kappa shape index (κ2) is 9.17. The number of hydrogen-bond donors (Lipinski definition) is 4. The molecule has 4 N–H and O–H groups in total. The lowest BCUT2D eigenvalue weighted by atomic mass is 10.00. The second-order valence-corrected chi connectivity index (χ2v) is 8.61. The van der Waals surface area contributed by atoms with Crippen LogP contribution in [0.1, 0.15) is 34.4 Å². The highest BCUT2D eigenvalue weighted by Crippen LogP contribution is 2.31. The van der Waals surface area contributed by atoms with E-state index in [0.717, 1.165) is 22.1 Å². The van der Waals surface area contributed by atoms with Crippen molar-refractivity contribution >= 4 is 33.8 Å². The molecule has 4 aromatic rings. The lowest BCUT2D eigenvalue weighted by molar-refractivity contribution is -0.141. The third kappa shape index (κ3) is 4.70. The molecule has 0 aliphatic carbocycles. The zero-order valence-electron chi connectivity index (χ0n) is 19.5. The number of benzene rings is 2. The molecule has 35 heavy (non-hydrogen) atoms. The molecule has 0 radical (unpaired) electrons. The average molecular weight is 479 g/mol. The zero-order chi connectivity index (χ0) is 25.4. The van der Waals surface area contributed by atoms with E-state index in [1.54, 1.807) is 13.0 Å². The minimum atomic E-state index is -1.25. The van der Waals surface area contributed by atoms with Crippen molar-refractivity contribution in [1.82, 2.24) is 5.32 Å². The van der Waals surface area contributed by atoms with Gasteiger partial charge < -0.3 is 29.5 Å². The molecule has 0 bridgehead atoms. The fourth-order valence-corrected chi connectivity index (χ4v) is 4.15. The van der Waals surface area contributed by atoms with Crippen LogP contribution in [0.15, 0.2) is 44.0 Å². The summed E-state index contributed by atoms with van der Waals surface area (Å²) in [6.45, 7) is 5.60. The number of phenols is 2. The number of carbonyl (C=O) groups is 2. The SMILES string of the molecule is Cc1oc2cc3oc(=O)c(CCC(=O)NC(Cc4ccc(O)c(O)c4)C(=O)O)c(C)c3cc2c1C. The smallest absolute Gasteiger partial charge is 0.339 e. The Morgan fingerprint density at radius 1 is 0.943 bits per heavy atom. The molecule has 0 saturated heterocycles. The molecule has 182 valence electrons. The van der Waals surface area contributed by atoms with E-state index in [1.807, 2.05) is 19.9 Å². The number of nitrogens with one attached hydrogen (secondary N) is 1. The highest BCUT2D eigenvalue weighted by molar-refractivity contribution is 5.96. The lowest BCUT2D eigenvalue weighted by Gasteiger charge is -2.15. The van der Waals surface area contributed by atoms with Gasteiger partial charge in [0.15, 0.2) is 11.5 Å². The third-order valence-electron chi connectivity index (χ3n) is 6.30. The summed E-state index contributed by atoms with van der Waals surface area (Å²) < 4.78 is 11.2. The first-order valence-corrected chi connectivity index (χ1v) is 11.0. The van der Waals surface area contributed by atoms with Crippen molar-refractivity contribution in [3.05, 3.63) is 68.8 Å². The molecule has 0 fully saturated rings. The van der Waals surface area contributed by atoms with Crippen molar-refractivity contribution in [3.8, 4) is 11.5 Å². The minimum absolute atomic E-state index is 0.0731. The molecule has 0 saturated carbocycles. The Morgan fingerprint density at radius 2 is 1.63 bits per heavy atom. The maximum Gasteiger partial charge on any atom is 0.339 e. The maximum absolute atomic E-state index is 12.6. The van der Waals surface area contributed by atoms with Crippen LogP contribution in [0.3, 0.4) is 0 Å². The standard InChI is InChI=1S/C26H25NO8/c1-12-14(3)34-22-11-23-18(10-17(12)22)13(2)16(26(33)35-23)5-7-24(30)27-19(25(31)32)8-15-4-6-20(28)21(29)9-15/h4,6,9-11,19,28-29H,5,7-8H2,1-3H3,(H,27,30)(H,31,32). The van der Waals surface area contributed by atoms with Crippen LogP contribution in [0.5, 0.6) is 11.5 Å². The van der Waals surface area contributed by atoms with Gasteiger partial charge in [-0.2, -0.15) is 0 Å². The van der Waals surface area contributed by atoms with Gasteiger partial charge in [0.2, 0.25) is 5.91 Å². The molecule has 1 atom stereocenters. The average Bonchev–Trinajstić information content (AvgIpc) is 3.07. The summed E-state index contributed by atoms with van der Waals surface area (Å²) in [5.41, 5.74) is 2.93. The Hall–Kier alpha value is -4.27. The van der Waals surface area contributed by atoms with E-state index >= 15 is 0 Å². The van der Waals surface area contributed by atoms with Gasteiger partial charge in [-0.3, -0.25) is 4.79 Å². The molecular formula is C26H25NO8. The first-order chi connectivity index (χ1) is 16.5. The Bertz CT molecular complexity index is 1530. The monoisotopic (exact) mass is 479 g/mol. The van der Waals surface area contributed by atoms with Gasteiger partial charge in [0.25, 0.3) is 0 Å². The maximum atomic E-state index is 12.6. The van der Waals surface area contributed by atoms with Crippen LogP contribution in [-0.2, 0) is 22.4 Å². The molecule has 9 nitrogen and oxygen atoms in total. The highest BCUT2D eigenvalue weighted by Gasteiger charge is 2.22. The molecule has 0 aliphatic rings. The van der Waals surface area contributed by atoms with Gasteiger partial charge >= 0.3 is 11.6 Å². The molecule has 1 unspecified atom stereocenters. The first-order valence-electron chi connectivity index (χ1n) is 11.0. The van der Waals surface area contributed by atoms with Crippen LogP contribution in [0.2, 0.25) is 0 Å². The number of carboxylic acids is 1. The number of carboxylic acid groups (broad SMARTS) is 1. The molecule has 2 aromatic heterocycles. The number of carbonyl (C=O) groups excluding carboxylic acids is 1.